The molecule has 1 aromatic rings. The first-order valence-corrected chi connectivity index (χ1v) is 8.12. The average molecular weight is 322 g/mol. The van der Waals surface area contributed by atoms with Crippen LogP contribution in [0.4, 0.5) is 5.69 Å². The lowest BCUT2D eigenvalue weighted by molar-refractivity contribution is -0.142. The summed E-state index contributed by atoms with van der Waals surface area (Å²) in [5.41, 5.74) is 0.579. The van der Waals surface area contributed by atoms with Gasteiger partial charge in [-0.05, 0) is 37.7 Å². The summed E-state index contributed by atoms with van der Waals surface area (Å²) in [6, 6.07) is 3.55. The molecular weight excluding hydrogens is 292 g/mol. The van der Waals surface area contributed by atoms with Crippen molar-refractivity contribution in [2.24, 2.45) is 11.8 Å². The summed E-state index contributed by atoms with van der Waals surface area (Å²) >= 11 is 0. The number of carbonyl (C=O) groups excluding carboxylic acids is 1. The van der Waals surface area contributed by atoms with Crippen molar-refractivity contribution in [2.45, 2.75) is 53.1 Å². The second kappa shape index (κ2) is 8.29. The van der Waals surface area contributed by atoms with Crippen molar-refractivity contribution in [1.82, 2.24) is 4.98 Å². The number of carbonyl (C=O) groups is 1. The summed E-state index contributed by atoms with van der Waals surface area (Å²) < 4.78 is 10.8. The van der Waals surface area contributed by atoms with E-state index >= 15 is 0 Å². The van der Waals surface area contributed by atoms with Crippen LogP contribution in [0, 0.1) is 18.8 Å². The van der Waals surface area contributed by atoms with Crippen LogP contribution in [0.5, 0.6) is 5.88 Å². The van der Waals surface area contributed by atoms with E-state index in [-0.39, 0.29) is 5.91 Å². The van der Waals surface area contributed by atoms with Crippen molar-refractivity contribution >= 4 is 11.6 Å². The molecule has 0 spiro atoms. The highest BCUT2D eigenvalue weighted by Gasteiger charge is 2.39. The van der Waals surface area contributed by atoms with Crippen LogP contribution >= 0.6 is 0 Å². The molecule has 0 aliphatic heterocycles. The molecule has 0 saturated heterocycles. The highest BCUT2D eigenvalue weighted by Crippen LogP contribution is 2.30. The second-order valence-electron chi connectivity index (χ2n) is 6.84. The number of methoxy groups -OCH3 is 2. The van der Waals surface area contributed by atoms with E-state index in [0.29, 0.717) is 36.2 Å². The first kappa shape index (κ1) is 19.4. The molecule has 0 aromatic carbocycles. The maximum Gasteiger partial charge on any atom is 0.256 e. The summed E-state index contributed by atoms with van der Waals surface area (Å²) in [5.74, 6) is 1.13. The Hall–Kier alpha value is -1.62. The van der Waals surface area contributed by atoms with Gasteiger partial charge in [0.25, 0.3) is 5.91 Å². The molecule has 0 radical (unpaired) electrons. The van der Waals surface area contributed by atoms with Crippen molar-refractivity contribution < 1.29 is 14.3 Å². The number of ether oxygens (including phenoxy) is 2. The Bertz CT molecular complexity index is 517. The van der Waals surface area contributed by atoms with Crippen LogP contribution in [0.1, 0.15) is 46.2 Å². The first-order chi connectivity index (χ1) is 10.7. The van der Waals surface area contributed by atoms with Gasteiger partial charge in [-0.2, -0.15) is 0 Å². The molecular formula is C18H30N2O3. The summed E-state index contributed by atoms with van der Waals surface area (Å²) in [4.78, 5) is 17.2. The molecule has 1 rings (SSSR count). The number of hydrogen-bond donors (Lipinski definition) is 1. The number of amides is 1. The minimum atomic E-state index is -0.825. The van der Waals surface area contributed by atoms with Crippen LogP contribution in [0.15, 0.2) is 12.1 Å². The van der Waals surface area contributed by atoms with Crippen molar-refractivity contribution in [2.75, 3.05) is 19.5 Å². The maximum absolute atomic E-state index is 12.9. The Labute approximate surface area is 139 Å². The van der Waals surface area contributed by atoms with E-state index in [1.807, 2.05) is 13.0 Å². The number of rotatable bonds is 8. The fraction of sp³-hybridized carbons (Fsp3) is 0.667. The van der Waals surface area contributed by atoms with Gasteiger partial charge in [-0.3, -0.25) is 4.79 Å². The monoisotopic (exact) mass is 322 g/mol. The minimum absolute atomic E-state index is 0.113. The van der Waals surface area contributed by atoms with Crippen molar-refractivity contribution in [3.8, 4) is 5.88 Å². The fourth-order valence-corrected chi connectivity index (χ4v) is 2.87. The molecule has 23 heavy (non-hydrogen) atoms. The normalized spacial score (nSPS) is 11.9. The van der Waals surface area contributed by atoms with Crippen LogP contribution < -0.4 is 10.1 Å². The van der Waals surface area contributed by atoms with Gasteiger partial charge < -0.3 is 14.8 Å². The highest BCUT2D eigenvalue weighted by atomic mass is 16.5. The Morgan fingerprint density at radius 1 is 1.17 bits per heavy atom. The van der Waals surface area contributed by atoms with Gasteiger partial charge in [0.2, 0.25) is 5.88 Å². The Morgan fingerprint density at radius 2 is 1.74 bits per heavy atom. The smallest absolute Gasteiger partial charge is 0.256 e. The first-order valence-electron chi connectivity index (χ1n) is 8.12. The Balaban J connectivity index is 3.05. The molecule has 0 aliphatic carbocycles. The van der Waals surface area contributed by atoms with E-state index < -0.39 is 5.60 Å². The van der Waals surface area contributed by atoms with E-state index in [4.69, 9.17) is 9.47 Å². The van der Waals surface area contributed by atoms with Gasteiger partial charge in [-0.25, -0.2) is 4.98 Å². The number of anilines is 1. The maximum atomic E-state index is 12.9. The summed E-state index contributed by atoms with van der Waals surface area (Å²) in [6.45, 7) is 10.2. The minimum Gasteiger partial charge on any atom is -0.481 e. The average Bonchev–Trinajstić information content (AvgIpc) is 2.47. The van der Waals surface area contributed by atoms with Crippen LogP contribution in [0.25, 0.3) is 0 Å². The third-order valence-corrected chi connectivity index (χ3v) is 3.80. The van der Waals surface area contributed by atoms with Gasteiger partial charge in [-0.1, -0.05) is 27.7 Å². The van der Waals surface area contributed by atoms with Gasteiger partial charge in [0, 0.05) is 13.2 Å². The van der Waals surface area contributed by atoms with Gasteiger partial charge in [0.05, 0.1) is 18.5 Å². The number of aromatic nitrogens is 1. The van der Waals surface area contributed by atoms with E-state index in [1.54, 1.807) is 20.3 Å². The molecule has 1 aromatic heterocycles. The Kier molecular flexibility index (Phi) is 7.01. The lowest BCUT2D eigenvalue weighted by atomic mass is 9.84. The van der Waals surface area contributed by atoms with Gasteiger partial charge >= 0.3 is 0 Å². The van der Waals surface area contributed by atoms with Crippen LogP contribution in [0.3, 0.4) is 0 Å². The SMILES string of the molecule is COc1ccc(NC(=O)C(CC(C)C)(CC(C)C)OC)c(C)n1. The third kappa shape index (κ3) is 5.20. The van der Waals surface area contributed by atoms with E-state index in [9.17, 15) is 4.79 Å². The van der Waals surface area contributed by atoms with Gasteiger partial charge in [0.1, 0.15) is 5.60 Å². The summed E-state index contributed by atoms with van der Waals surface area (Å²) in [6.07, 6.45) is 1.35. The highest BCUT2D eigenvalue weighted by molar-refractivity contribution is 5.97. The molecule has 0 aliphatic rings. The zero-order valence-electron chi connectivity index (χ0n) is 15.4. The van der Waals surface area contributed by atoms with Gasteiger partial charge in [0.15, 0.2) is 0 Å². The number of hydrogen-bond acceptors (Lipinski definition) is 4. The zero-order chi connectivity index (χ0) is 17.6. The number of pyridine rings is 1. The van der Waals surface area contributed by atoms with Crippen LogP contribution in [-0.4, -0.2) is 30.7 Å². The topological polar surface area (TPSA) is 60.5 Å². The molecule has 1 amide bonds. The lowest BCUT2D eigenvalue weighted by Crippen LogP contribution is -2.47. The van der Waals surface area contributed by atoms with E-state index in [1.165, 1.54) is 0 Å². The van der Waals surface area contributed by atoms with Crippen molar-refractivity contribution in [3.05, 3.63) is 17.8 Å². The number of aryl methyl sites for hydroxylation is 1. The molecule has 130 valence electrons. The molecule has 5 nitrogen and oxygen atoms in total. The van der Waals surface area contributed by atoms with Crippen molar-refractivity contribution in [1.29, 1.82) is 0 Å². The second-order valence-corrected chi connectivity index (χ2v) is 6.84. The van der Waals surface area contributed by atoms with Crippen molar-refractivity contribution in [3.63, 3.8) is 0 Å². The zero-order valence-corrected chi connectivity index (χ0v) is 15.4. The molecule has 0 bridgehead atoms. The fourth-order valence-electron chi connectivity index (χ4n) is 2.87. The summed E-state index contributed by atoms with van der Waals surface area (Å²) in [5, 5.41) is 2.98. The number of nitrogens with zero attached hydrogens (tertiary/aromatic N) is 1. The largest absolute Gasteiger partial charge is 0.481 e. The third-order valence-electron chi connectivity index (χ3n) is 3.80. The molecule has 0 saturated carbocycles. The molecule has 1 heterocycles. The van der Waals surface area contributed by atoms with Crippen LogP contribution in [-0.2, 0) is 9.53 Å². The van der Waals surface area contributed by atoms with Gasteiger partial charge in [-0.15, -0.1) is 0 Å². The van der Waals surface area contributed by atoms with E-state index in [2.05, 4.69) is 38.0 Å². The Morgan fingerprint density at radius 3 is 2.13 bits per heavy atom. The molecule has 5 heteroatoms. The quantitative estimate of drug-likeness (QED) is 0.790. The molecule has 0 fully saturated rings. The van der Waals surface area contributed by atoms with Crippen LogP contribution in [0.2, 0.25) is 0 Å². The predicted molar refractivity (Wildman–Crippen MR) is 92.8 cm³/mol. The molecule has 1 N–H and O–H groups in total. The summed E-state index contributed by atoms with van der Waals surface area (Å²) in [7, 11) is 3.19. The molecule has 0 atom stereocenters. The van der Waals surface area contributed by atoms with E-state index in [0.717, 1.165) is 5.69 Å². The molecule has 0 unspecified atom stereocenters. The standard InChI is InChI=1S/C18H30N2O3/c1-12(2)10-18(23-7,11-13(3)4)17(21)20-15-8-9-16(22-6)19-14(15)5/h8-9,12-13H,10-11H2,1-7H3,(H,20,21). The lowest BCUT2D eigenvalue weighted by Gasteiger charge is -2.34. The predicted octanol–water partition coefficient (Wildman–Crippen LogP) is 3.81. The number of nitrogens with one attached hydrogen (secondary N) is 1.